The van der Waals surface area contributed by atoms with E-state index in [4.69, 9.17) is 11.0 Å². The molecule has 0 unspecified atom stereocenters. The molecule has 0 aliphatic rings. The molecule has 2 aromatic rings. The van der Waals surface area contributed by atoms with Crippen LogP contribution in [0.5, 0.6) is 0 Å². The van der Waals surface area contributed by atoms with Crippen molar-refractivity contribution in [3.8, 4) is 6.07 Å². The highest BCUT2D eigenvalue weighted by atomic mass is 32.1. The highest BCUT2D eigenvalue weighted by molar-refractivity contribution is 7.17. The van der Waals surface area contributed by atoms with Crippen LogP contribution in [0.15, 0.2) is 30.6 Å². The summed E-state index contributed by atoms with van der Waals surface area (Å²) in [5.74, 6) is 0. The minimum absolute atomic E-state index is 0.532. The van der Waals surface area contributed by atoms with Crippen molar-refractivity contribution in [2.45, 2.75) is 6.54 Å². The average molecular weight is 230 g/mol. The van der Waals surface area contributed by atoms with Crippen molar-refractivity contribution in [3.63, 3.8) is 0 Å². The lowest BCUT2D eigenvalue weighted by molar-refractivity contribution is 1.14. The number of rotatable bonds is 3. The van der Waals surface area contributed by atoms with Crippen LogP contribution < -0.4 is 11.1 Å². The summed E-state index contributed by atoms with van der Waals surface area (Å²) in [7, 11) is 0. The van der Waals surface area contributed by atoms with Crippen molar-refractivity contribution in [3.05, 3.63) is 41.0 Å². The first-order valence-electron chi connectivity index (χ1n) is 4.72. The molecule has 0 fully saturated rings. The molecule has 0 aromatic carbocycles. The Bertz CT molecular complexity index is 513. The third-order valence-corrected chi connectivity index (χ3v) is 3.09. The molecule has 0 radical (unpaired) electrons. The van der Waals surface area contributed by atoms with E-state index in [-0.39, 0.29) is 0 Å². The van der Waals surface area contributed by atoms with Crippen molar-refractivity contribution in [2.75, 3.05) is 11.1 Å². The Hall–Kier alpha value is -2.06. The van der Waals surface area contributed by atoms with Gasteiger partial charge in [-0.15, -0.1) is 11.3 Å². The quantitative estimate of drug-likeness (QED) is 0.847. The number of anilines is 2. The third kappa shape index (κ3) is 2.30. The predicted octanol–water partition coefficient (Wildman–Crippen LogP) is 2.21. The van der Waals surface area contributed by atoms with Crippen molar-refractivity contribution in [2.24, 2.45) is 0 Å². The van der Waals surface area contributed by atoms with Gasteiger partial charge in [0.25, 0.3) is 0 Å². The van der Waals surface area contributed by atoms with Crippen LogP contribution in [0.3, 0.4) is 0 Å². The van der Waals surface area contributed by atoms with E-state index in [1.165, 1.54) is 11.3 Å². The Morgan fingerprint density at radius 2 is 2.19 bits per heavy atom. The van der Waals surface area contributed by atoms with Gasteiger partial charge in [-0.3, -0.25) is 4.98 Å². The normalized spacial score (nSPS) is 9.69. The van der Waals surface area contributed by atoms with E-state index in [0.717, 1.165) is 10.6 Å². The molecule has 5 heteroatoms. The zero-order valence-corrected chi connectivity index (χ0v) is 9.29. The van der Waals surface area contributed by atoms with Crippen LogP contribution in [-0.2, 0) is 6.54 Å². The maximum absolute atomic E-state index is 8.76. The molecule has 0 saturated carbocycles. The minimum Gasteiger partial charge on any atom is -0.397 e. The Morgan fingerprint density at radius 3 is 2.81 bits per heavy atom. The number of nitrogens with one attached hydrogen (secondary N) is 1. The number of hydrogen-bond acceptors (Lipinski definition) is 5. The van der Waals surface area contributed by atoms with Gasteiger partial charge in [0, 0.05) is 18.9 Å². The predicted molar refractivity (Wildman–Crippen MR) is 65.0 cm³/mol. The van der Waals surface area contributed by atoms with E-state index in [0.29, 0.717) is 17.1 Å². The smallest absolute Gasteiger partial charge is 0.129 e. The summed E-state index contributed by atoms with van der Waals surface area (Å²) >= 11 is 1.37. The maximum Gasteiger partial charge on any atom is 0.129 e. The summed E-state index contributed by atoms with van der Waals surface area (Å²) < 4.78 is 0. The Kier molecular flexibility index (Phi) is 3.03. The summed E-state index contributed by atoms with van der Waals surface area (Å²) in [5.41, 5.74) is 7.33. The van der Waals surface area contributed by atoms with Crippen molar-refractivity contribution in [1.82, 2.24) is 4.98 Å². The number of nitrogens with two attached hydrogens (primary N) is 1. The van der Waals surface area contributed by atoms with Gasteiger partial charge < -0.3 is 11.1 Å². The van der Waals surface area contributed by atoms with Crippen LogP contribution in [0.1, 0.15) is 10.4 Å². The first-order valence-corrected chi connectivity index (χ1v) is 5.53. The molecule has 0 aliphatic heterocycles. The van der Waals surface area contributed by atoms with Gasteiger partial charge in [-0.05, 0) is 23.8 Å². The molecule has 2 heterocycles. The molecular weight excluding hydrogens is 220 g/mol. The first kappa shape index (κ1) is 10.5. The highest BCUT2D eigenvalue weighted by Crippen LogP contribution is 2.28. The van der Waals surface area contributed by atoms with Crippen LogP contribution in [0.25, 0.3) is 0 Å². The first-order chi connectivity index (χ1) is 7.79. The fourth-order valence-corrected chi connectivity index (χ4v) is 2.04. The summed E-state index contributed by atoms with van der Waals surface area (Å²) in [6.45, 7) is 0.702. The Balaban J connectivity index is 2.03. The second kappa shape index (κ2) is 4.64. The molecule has 0 spiro atoms. The van der Waals surface area contributed by atoms with E-state index in [9.17, 15) is 0 Å². The summed E-state index contributed by atoms with van der Waals surface area (Å²) in [6, 6.07) is 7.72. The van der Waals surface area contributed by atoms with Gasteiger partial charge in [0.1, 0.15) is 10.9 Å². The van der Waals surface area contributed by atoms with Crippen LogP contribution in [0, 0.1) is 11.3 Å². The number of hydrogen-bond donors (Lipinski definition) is 2. The topological polar surface area (TPSA) is 74.7 Å². The zero-order valence-electron chi connectivity index (χ0n) is 8.47. The molecule has 3 N–H and O–H groups in total. The van der Waals surface area contributed by atoms with Crippen LogP contribution in [0.2, 0.25) is 0 Å². The van der Waals surface area contributed by atoms with Crippen molar-refractivity contribution < 1.29 is 0 Å². The summed E-state index contributed by atoms with van der Waals surface area (Å²) in [5, 5.41) is 12.9. The number of thiophene rings is 1. The number of aromatic nitrogens is 1. The standard InChI is InChI=1S/C11H10N4S/c12-6-10-9(13)5-11(16-10)15-7-8-1-3-14-4-2-8/h1-5,15H,7,13H2. The number of nitrogens with zero attached hydrogens (tertiary/aromatic N) is 2. The lowest BCUT2D eigenvalue weighted by Gasteiger charge is -2.02. The van der Waals surface area contributed by atoms with E-state index in [2.05, 4.69) is 16.4 Å². The Morgan fingerprint density at radius 1 is 1.44 bits per heavy atom. The summed E-state index contributed by atoms with van der Waals surface area (Å²) in [4.78, 5) is 4.50. The van der Waals surface area contributed by atoms with E-state index in [1.54, 1.807) is 18.5 Å². The lowest BCUT2D eigenvalue weighted by atomic mass is 10.3. The largest absolute Gasteiger partial charge is 0.397 e. The second-order valence-electron chi connectivity index (χ2n) is 3.22. The van der Waals surface area contributed by atoms with E-state index >= 15 is 0 Å². The number of nitriles is 1. The monoisotopic (exact) mass is 230 g/mol. The molecule has 2 aromatic heterocycles. The van der Waals surface area contributed by atoms with Crippen LogP contribution in [-0.4, -0.2) is 4.98 Å². The highest BCUT2D eigenvalue weighted by Gasteiger charge is 2.04. The van der Waals surface area contributed by atoms with Gasteiger partial charge >= 0.3 is 0 Å². The van der Waals surface area contributed by atoms with E-state index in [1.807, 2.05) is 12.1 Å². The molecular formula is C11H10N4S. The van der Waals surface area contributed by atoms with Gasteiger partial charge in [0.2, 0.25) is 0 Å². The summed E-state index contributed by atoms with van der Waals surface area (Å²) in [6.07, 6.45) is 3.50. The molecule has 0 amide bonds. The van der Waals surface area contributed by atoms with Gasteiger partial charge in [0.05, 0.1) is 10.7 Å². The fraction of sp³-hybridized carbons (Fsp3) is 0.0909. The number of nitrogen functional groups attached to an aromatic ring is 1. The third-order valence-electron chi connectivity index (χ3n) is 2.08. The fourth-order valence-electron chi connectivity index (χ4n) is 1.27. The maximum atomic E-state index is 8.76. The SMILES string of the molecule is N#Cc1sc(NCc2ccncc2)cc1N. The van der Waals surface area contributed by atoms with Gasteiger partial charge in [0.15, 0.2) is 0 Å². The van der Waals surface area contributed by atoms with Crippen molar-refractivity contribution in [1.29, 1.82) is 5.26 Å². The lowest BCUT2D eigenvalue weighted by Crippen LogP contribution is -1.97. The Labute approximate surface area is 97.4 Å². The van der Waals surface area contributed by atoms with Gasteiger partial charge in [-0.25, -0.2) is 0 Å². The van der Waals surface area contributed by atoms with E-state index < -0.39 is 0 Å². The number of pyridine rings is 1. The molecule has 4 nitrogen and oxygen atoms in total. The molecule has 16 heavy (non-hydrogen) atoms. The minimum atomic E-state index is 0.532. The molecule has 0 saturated heterocycles. The molecule has 0 bridgehead atoms. The van der Waals surface area contributed by atoms with Gasteiger partial charge in [-0.2, -0.15) is 5.26 Å². The average Bonchev–Trinajstić information content (AvgIpc) is 2.69. The van der Waals surface area contributed by atoms with Crippen LogP contribution >= 0.6 is 11.3 Å². The van der Waals surface area contributed by atoms with Crippen LogP contribution in [0.4, 0.5) is 10.7 Å². The van der Waals surface area contributed by atoms with Gasteiger partial charge in [-0.1, -0.05) is 0 Å². The molecule has 0 aliphatic carbocycles. The van der Waals surface area contributed by atoms with Crippen molar-refractivity contribution >= 4 is 22.0 Å². The molecule has 80 valence electrons. The second-order valence-corrected chi connectivity index (χ2v) is 4.27. The molecule has 2 rings (SSSR count). The molecule has 0 atom stereocenters. The zero-order chi connectivity index (χ0) is 11.4.